The summed E-state index contributed by atoms with van der Waals surface area (Å²) in [7, 11) is 0. The molecule has 1 aromatic carbocycles. The lowest BCUT2D eigenvalue weighted by molar-refractivity contribution is 0.133. The largest absolute Gasteiger partial charge is 0.321 e. The fraction of sp³-hybridized carbons (Fsp3) is 0.538. The average Bonchev–Trinajstić information content (AvgIpc) is 2.20. The molecule has 2 N–H and O–H groups in total. The van der Waals surface area contributed by atoms with Gasteiger partial charge in [0.1, 0.15) is 5.82 Å². The van der Waals surface area contributed by atoms with Crippen molar-refractivity contribution >= 4 is 11.6 Å². The van der Waals surface area contributed by atoms with E-state index in [1.54, 1.807) is 18.2 Å². The van der Waals surface area contributed by atoms with E-state index >= 15 is 0 Å². The smallest absolute Gasteiger partial charge is 0.146 e. The summed E-state index contributed by atoms with van der Waals surface area (Å²) in [5.41, 5.74) is 6.30. The van der Waals surface area contributed by atoms with Gasteiger partial charge in [0.15, 0.2) is 0 Å². The molecule has 0 bridgehead atoms. The van der Waals surface area contributed by atoms with Crippen LogP contribution in [-0.4, -0.2) is 0 Å². The van der Waals surface area contributed by atoms with Crippen molar-refractivity contribution in [1.82, 2.24) is 0 Å². The molecule has 2 rings (SSSR count). The predicted molar refractivity (Wildman–Crippen MR) is 64.9 cm³/mol. The maximum atomic E-state index is 13.8. The molecule has 3 heteroatoms. The second kappa shape index (κ2) is 4.34. The van der Waals surface area contributed by atoms with Gasteiger partial charge in [0.05, 0.1) is 5.02 Å². The van der Waals surface area contributed by atoms with Gasteiger partial charge in [-0.2, -0.15) is 0 Å². The Kier molecular flexibility index (Phi) is 3.22. The second-order valence-electron chi connectivity index (χ2n) is 4.82. The van der Waals surface area contributed by atoms with Gasteiger partial charge in [-0.3, -0.25) is 0 Å². The Labute approximate surface area is 101 Å². The van der Waals surface area contributed by atoms with Crippen LogP contribution in [0.15, 0.2) is 18.2 Å². The predicted octanol–water partition coefficient (Wildman–Crippen LogP) is 3.84. The highest BCUT2D eigenvalue weighted by Crippen LogP contribution is 2.46. The first-order chi connectivity index (χ1) is 7.57. The van der Waals surface area contributed by atoms with Crippen LogP contribution in [0.1, 0.15) is 38.2 Å². The fourth-order valence-corrected chi connectivity index (χ4v) is 2.87. The molecular formula is C13H17ClFN. The minimum absolute atomic E-state index is 0.168. The zero-order chi connectivity index (χ0) is 11.8. The molecule has 1 fully saturated rings. The van der Waals surface area contributed by atoms with Crippen LogP contribution in [0, 0.1) is 11.7 Å². The van der Waals surface area contributed by atoms with Gasteiger partial charge in [-0.15, -0.1) is 0 Å². The zero-order valence-electron chi connectivity index (χ0n) is 9.47. The number of hydrogen-bond acceptors (Lipinski definition) is 1. The summed E-state index contributed by atoms with van der Waals surface area (Å²) >= 11 is 5.77. The maximum absolute atomic E-state index is 13.8. The molecule has 0 aromatic heterocycles. The Balaban J connectivity index is 2.17. The molecule has 0 aliphatic heterocycles. The zero-order valence-corrected chi connectivity index (χ0v) is 10.2. The molecule has 1 saturated carbocycles. The van der Waals surface area contributed by atoms with Crippen molar-refractivity contribution in [3.63, 3.8) is 0 Å². The maximum Gasteiger partial charge on any atom is 0.146 e. The Morgan fingerprint density at radius 3 is 2.81 bits per heavy atom. The van der Waals surface area contributed by atoms with Crippen molar-refractivity contribution in [2.45, 2.75) is 38.1 Å². The van der Waals surface area contributed by atoms with Gasteiger partial charge in [0.25, 0.3) is 0 Å². The molecular weight excluding hydrogens is 225 g/mol. The normalized spacial score (nSPS) is 28.9. The molecule has 0 unspecified atom stereocenters. The summed E-state index contributed by atoms with van der Waals surface area (Å²) in [6.07, 6.45) is 4.09. The van der Waals surface area contributed by atoms with Crippen molar-refractivity contribution in [2.24, 2.45) is 11.7 Å². The van der Waals surface area contributed by atoms with Crippen molar-refractivity contribution < 1.29 is 4.39 Å². The minimum atomic E-state index is -0.491. The van der Waals surface area contributed by atoms with E-state index in [4.69, 9.17) is 17.3 Å². The third kappa shape index (κ3) is 1.96. The van der Waals surface area contributed by atoms with E-state index < -0.39 is 5.54 Å². The summed E-state index contributed by atoms with van der Waals surface area (Å²) in [6.45, 7) is 2.16. The van der Waals surface area contributed by atoms with Crippen LogP contribution in [0.4, 0.5) is 4.39 Å². The summed E-state index contributed by atoms with van der Waals surface area (Å²) in [6, 6.07) is 5.08. The van der Waals surface area contributed by atoms with E-state index in [2.05, 4.69) is 6.92 Å². The number of halogens is 2. The van der Waals surface area contributed by atoms with Crippen LogP contribution in [0.3, 0.4) is 0 Å². The average molecular weight is 242 g/mol. The van der Waals surface area contributed by atoms with E-state index in [0.29, 0.717) is 11.5 Å². The van der Waals surface area contributed by atoms with Gasteiger partial charge in [0.2, 0.25) is 0 Å². The molecule has 1 aromatic rings. The summed E-state index contributed by atoms with van der Waals surface area (Å²) < 4.78 is 13.8. The number of hydrogen-bond donors (Lipinski definition) is 1. The number of benzene rings is 1. The van der Waals surface area contributed by atoms with Crippen LogP contribution in [0.2, 0.25) is 5.02 Å². The van der Waals surface area contributed by atoms with Gasteiger partial charge >= 0.3 is 0 Å². The SMILES string of the molecule is CCCC1CC(N)(c2cccc(Cl)c2F)C1. The van der Waals surface area contributed by atoms with Gasteiger partial charge in [-0.25, -0.2) is 4.39 Å². The monoisotopic (exact) mass is 241 g/mol. The molecule has 1 aliphatic carbocycles. The van der Waals surface area contributed by atoms with Gasteiger partial charge in [-0.05, 0) is 24.8 Å². The fourth-order valence-electron chi connectivity index (χ4n) is 2.69. The van der Waals surface area contributed by atoms with Gasteiger partial charge < -0.3 is 5.73 Å². The lowest BCUT2D eigenvalue weighted by atomic mass is 9.64. The first kappa shape index (κ1) is 11.9. The minimum Gasteiger partial charge on any atom is -0.321 e. The van der Waals surface area contributed by atoms with Crippen LogP contribution < -0.4 is 5.73 Å². The molecule has 16 heavy (non-hydrogen) atoms. The number of nitrogens with two attached hydrogens (primary N) is 1. The quantitative estimate of drug-likeness (QED) is 0.855. The van der Waals surface area contributed by atoms with Crippen LogP contribution >= 0.6 is 11.6 Å². The summed E-state index contributed by atoms with van der Waals surface area (Å²) in [5.74, 6) is 0.301. The van der Waals surface area contributed by atoms with Crippen LogP contribution in [0.5, 0.6) is 0 Å². The van der Waals surface area contributed by atoms with Crippen molar-refractivity contribution in [3.8, 4) is 0 Å². The Morgan fingerprint density at radius 2 is 2.19 bits per heavy atom. The summed E-state index contributed by atoms with van der Waals surface area (Å²) in [4.78, 5) is 0. The standard InChI is InChI=1S/C13H17ClFN/c1-2-4-9-7-13(16,8-9)10-5-3-6-11(14)12(10)15/h3,5-6,9H,2,4,7-8,16H2,1H3. The van der Waals surface area contributed by atoms with Crippen LogP contribution in [-0.2, 0) is 5.54 Å². The Morgan fingerprint density at radius 1 is 1.50 bits per heavy atom. The van der Waals surface area contributed by atoms with Crippen molar-refractivity contribution in [3.05, 3.63) is 34.6 Å². The van der Waals surface area contributed by atoms with E-state index in [0.717, 1.165) is 12.8 Å². The highest BCUT2D eigenvalue weighted by molar-refractivity contribution is 6.30. The molecule has 0 heterocycles. The van der Waals surface area contributed by atoms with E-state index in [9.17, 15) is 4.39 Å². The second-order valence-corrected chi connectivity index (χ2v) is 5.23. The molecule has 88 valence electrons. The molecule has 0 radical (unpaired) electrons. The van der Waals surface area contributed by atoms with E-state index in [-0.39, 0.29) is 10.8 Å². The van der Waals surface area contributed by atoms with Gasteiger partial charge in [-0.1, -0.05) is 43.5 Å². The molecule has 0 amide bonds. The lowest BCUT2D eigenvalue weighted by Crippen LogP contribution is -2.49. The van der Waals surface area contributed by atoms with Crippen molar-refractivity contribution in [2.75, 3.05) is 0 Å². The molecule has 1 nitrogen and oxygen atoms in total. The van der Waals surface area contributed by atoms with E-state index in [1.165, 1.54) is 12.8 Å². The molecule has 0 saturated heterocycles. The third-order valence-corrected chi connectivity index (χ3v) is 3.78. The highest BCUT2D eigenvalue weighted by Gasteiger charge is 2.43. The highest BCUT2D eigenvalue weighted by atomic mass is 35.5. The molecule has 0 spiro atoms. The van der Waals surface area contributed by atoms with Gasteiger partial charge in [0, 0.05) is 11.1 Å². The summed E-state index contributed by atoms with van der Waals surface area (Å²) in [5, 5.41) is 0.168. The first-order valence-corrected chi connectivity index (χ1v) is 6.18. The Bertz CT molecular complexity index is 386. The topological polar surface area (TPSA) is 26.0 Å². The van der Waals surface area contributed by atoms with Crippen molar-refractivity contribution in [1.29, 1.82) is 0 Å². The number of rotatable bonds is 3. The Hall–Kier alpha value is -0.600. The lowest BCUT2D eigenvalue weighted by Gasteiger charge is -2.45. The van der Waals surface area contributed by atoms with Crippen LogP contribution in [0.25, 0.3) is 0 Å². The molecule has 1 aliphatic rings. The first-order valence-electron chi connectivity index (χ1n) is 5.80. The third-order valence-electron chi connectivity index (χ3n) is 3.49. The van der Waals surface area contributed by atoms with E-state index in [1.807, 2.05) is 0 Å². The molecule has 0 atom stereocenters.